The van der Waals surface area contributed by atoms with Crippen molar-refractivity contribution in [2.75, 3.05) is 13.1 Å². The van der Waals surface area contributed by atoms with E-state index < -0.39 is 0 Å². The van der Waals surface area contributed by atoms with Crippen molar-refractivity contribution in [3.8, 4) is 0 Å². The van der Waals surface area contributed by atoms with Crippen LogP contribution in [-0.2, 0) is 13.6 Å². The number of hydrogen-bond donors (Lipinski definition) is 1. The molecule has 0 radical (unpaired) electrons. The number of halogens is 1. The van der Waals surface area contributed by atoms with Crippen molar-refractivity contribution < 1.29 is 0 Å². The number of nitrogens with zero attached hydrogens (tertiary/aromatic N) is 3. The van der Waals surface area contributed by atoms with Crippen molar-refractivity contribution >= 4 is 11.6 Å². The molecule has 2 rings (SSSR count). The summed E-state index contributed by atoms with van der Waals surface area (Å²) in [6.45, 7) is 9.39. The molecule has 1 aliphatic rings. The van der Waals surface area contributed by atoms with Crippen molar-refractivity contribution in [3.63, 3.8) is 0 Å². The fourth-order valence-electron chi connectivity index (χ4n) is 2.36. The number of aryl methyl sites for hydroxylation is 2. The lowest BCUT2D eigenvalue weighted by Crippen LogP contribution is -2.53. The van der Waals surface area contributed by atoms with Gasteiger partial charge in [-0.2, -0.15) is 5.10 Å². The second kappa shape index (κ2) is 4.96. The fourth-order valence-corrected chi connectivity index (χ4v) is 2.58. The van der Waals surface area contributed by atoms with E-state index in [9.17, 15) is 0 Å². The van der Waals surface area contributed by atoms with Gasteiger partial charge in [0.25, 0.3) is 0 Å². The third kappa shape index (κ3) is 2.64. The van der Waals surface area contributed by atoms with Gasteiger partial charge >= 0.3 is 0 Å². The first-order chi connectivity index (χ1) is 7.99. The van der Waals surface area contributed by atoms with E-state index in [4.69, 9.17) is 11.6 Å². The Balaban J connectivity index is 2.14. The topological polar surface area (TPSA) is 33.1 Å². The molecule has 17 heavy (non-hydrogen) atoms. The summed E-state index contributed by atoms with van der Waals surface area (Å²) < 4.78 is 1.90. The van der Waals surface area contributed by atoms with Gasteiger partial charge < -0.3 is 5.32 Å². The molecule has 1 fully saturated rings. The van der Waals surface area contributed by atoms with Crippen LogP contribution < -0.4 is 5.32 Å². The minimum atomic E-state index is 0.539. The monoisotopic (exact) mass is 256 g/mol. The Morgan fingerprint density at radius 2 is 2.18 bits per heavy atom. The summed E-state index contributed by atoms with van der Waals surface area (Å²) in [6, 6.07) is 1.08. The smallest absolute Gasteiger partial charge is 0.0860 e. The van der Waals surface area contributed by atoms with E-state index in [2.05, 4.69) is 29.2 Å². The maximum absolute atomic E-state index is 6.29. The third-order valence-electron chi connectivity index (χ3n) is 3.51. The second-order valence-corrected chi connectivity index (χ2v) is 5.44. The van der Waals surface area contributed by atoms with Crippen molar-refractivity contribution in [1.82, 2.24) is 20.0 Å². The molecular weight excluding hydrogens is 236 g/mol. The second-order valence-electron chi connectivity index (χ2n) is 5.06. The SMILES string of the molecule is Cc1nn(C)c(CN2CC(C)NCC2C)c1Cl. The van der Waals surface area contributed by atoms with Gasteiger partial charge in [0.15, 0.2) is 0 Å². The molecule has 0 bridgehead atoms. The highest BCUT2D eigenvalue weighted by atomic mass is 35.5. The predicted octanol–water partition coefficient (Wildman–Crippen LogP) is 1.56. The first-order valence-electron chi connectivity index (χ1n) is 6.14. The number of hydrogen-bond acceptors (Lipinski definition) is 3. The number of nitrogens with one attached hydrogen (secondary N) is 1. The van der Waals surface area contributed by atoms with Crippen molar-refractivity contribution in [2.24, 2.45) is 7.05 Å². The predicted molar refractivity (Wildman–Crippen MR) is 70.3 cm³/mol. The van der Waals surface area contributed by atoms with E-state index in [1.807, 2.05) is 18.7 Å². The lowest BCUT2D eigenvalue weighted by Gasteiger charge is -2.37. The van der Waals surface area contributed by atoms with Gasteiger partial charge in [-0.25, -0.2) is 0 Å². The Bertz CT molecular complexity index is 401. The Morgan fingerprint density at radius 1 is 1.47 bits per heavy atom. The highest BCUT2D eigenvalue weighted by Crippen LogP contribution is 2.22. The van der Waals surface area contributed by atoms with Crippen molar-refractivity contribution in [2.45, 2.75) is 39.4 Å². The molecule has 96 valence electrons. The number of piperazine rings is 1. The molecule has 5 heteroatoms. The minimum absolute atomic E-state index is 0.539. The van der Waals surface area contributed by atoms with Crippen LogP contribution >= 0.6 is 11.6 Å². The first-order valence-corrected chi connectivity index (χ1v) is 6.52. The molecule has 1 aromatic rings. The van der Waals surface area contributed by atoms with Gasteiger partial charge in [-0.1, -0.05) is 11.6 Å². The largest absolute Gasteiger partial charge is 0.311 e. The molecule has 2 unspecified atom stereocenters. The quantitative estimate of drug-likeness (QED) is 0.872. The molecule has 0 spiro atoms. The molecule has 0 aliphatic carbocycles. The van der Waals surface area contributed by atoms with Crippen molar-refractivity contribution in [3.05, 3.63) is 16.4 Å². The van der Waals surface area contributed by atoms with Crippen LogP contribution in [-0.4, -0.2) is 39.9 Å². The van der Waals surface area contributed by atoms with Gasteiger partial charge in [0.2, 0.25) is 0 Å². The van der Waals surface area contributed by atoms with Crippen LogP contribution in [0.3, 0.4) is 0 Å². The van der Waals surface area contributed by atoms with E-state index in [1.165, 1.54) is 0 Å². The summed E-state index contributed by atoms with van der Waals surface area (Å²) in [6.07, 6.45) is 0. The first kappa shape index (κ1) is 12.9. The molecule has 0 amide bonds. The maximum atomic E-state index is 6.29. The lowest BCUT2D eigenvalue weighted by molar-refractivity contribution is 0.135. The van der Waals surface area contributed by atoms with E-state index in [-0.39, 0.29) is 0 Å². The standard InChI is InChI=1S/C12H21ClN4/c1-8-6-17(9(2)5-14-8)7-11-12(13)10(3)15-16(11)4/h8-9,14H,5-7H2,1-4H3. The number of rotatable bonds is 2. The van der Waals surface area contributed by atoms with Crippen LogP contribution in [0, 0.1) is 6.92 Å². The molecule has 4 nitrogen and oxygen atoms in total. The van der Waals surface area contributed by atoms with Crippen molar-refractivity contribution in [1.29, 1.82) is 0 Å². The highest BCUT2D eigenvalue weighted by molar-refractivity contribution is 6.31. The van der Waals surface area contributed by atoms with Gasteiger partial charge in [-0.05, 0) is 20.8 Å². The summed E-state index contributed by atoms with van der Waals surface area (Å²) in [7, 11) is 1.96. The Hall–Kier alpha value is -0.580. The van der Waals surface area contributed by atoms with Gasteiger partial charge in [0.05, 0.1) is 16.4 Å². The van der Waals surface area contributed by atoms with E-state index in [1.54, 1.807) is 0 Å². The van der Waals surface area contributed by atoms with E-state index in [0.717, 1.165) is 36.0 Å². The normalized spacial score (nSPS) is 26.4. The molecule has 0 saturated carbocycles. The molecular formula is C12H21ClN4. The van der Waals surface area contributed by atoms with Crippen LogP contribution in [0.25, 0.3) is 0 Å². The van der Waals surface area contributed by atoms with Gasteiger partial charge in [0.1, 0.15) is 0 Å². The van der Waals surface area contributed by atoms with E-state index >= 15 is 0 Å². The summed E-state index contributed by atoms with van der Waals surface area (Å²) in [5, 5.41) is 8.66. The Kier molecular flexibility index (Phi) is 3.76. The molecule has 1 N–H and O–H groups in total. The zero-order valence-corrected chi connectivity index (χ0v) is 11.8. The van der Waals surface area contributed by atoms with Crippen LogP contribution in [0.5, 0.6) is 0 Å². The third-order valence-corrected chi connectivity index (χ3v) is 4.00. The van der Waals surface area contributed by atoms with Crippen LogP contribution in [0.2, 0.25) is 5.02 Å². The van der Waals surface area contributed by atoms with Gasteiger partial charge in [-0.3, -0.25) is 9.58 Å². The molecule has 1 saturated heterocycles. The molecule has 2 heterocycles. The average Bonchev–Trinajstić information content (AvgIpc) is 2.50. The Morgan fingerprint density at radius 3 is 2.76 bits per heavy atom. The molecule has 0 aromatic carbocycles. The summed E-state index contributed by atoms with van der Waals surface area (Å²) in [5.74, 6) is 0. The summed E-state index contributed by atoms with van der Waals surface area (Å²) in [5.41, 5.74) is 2.03. The van der Waals surface area contributed by atoms with Crippen LogP contribution in [0.15, 0.2) is 0 Å². The van der Waals surface area contributed by atoms with E-state index in [0.29, 0.717) is 12.1 Å². The van der Waals surface area contributed by atoms with Gasteiger partial charge in [-0.15, -0.1) is 0 Å². The zero-order chi connectivity index (χ0) is 12.6. The van der Waals surface area contributed by atoms with Crippen LogP contribution in [0.1, 0.15) is 25.2 Å². The van der Waals surface area contributed by atoms with Gasteiger partial charge in [0, 0.05) is 38.8 Å². The summed E-state index contributed by atoms with van der Waals surface area (Å²) in [4.78, 5) is 2.46. The lowest BCUT2D eigenvalue weighted by atomic mass is 10.1. The Labute approximate surface area is 108 Å². The average molecular weight is 257 g/mol. The van der Waals surface area contributed by atoms with Crippen LogP contribution in [0.4, 0.5) is 0 Å². The minimum Gasteiger partial charge on any atom is -0.311 e. The molecule has 2 atom stereocenters. The molecule has 1 aromatic heterocycles. The molecule has 1 aliphatic heterocycles. The highest BCUT2D eigenvalue weighted by Gasteiger charge is 2.24. The fraction of sp³-hybridized carbons (Fsp3) is 0.750. The number of aromatic nitrogens is 2. The maximum Gasteiger partial charge on any atom is 0.0860 e. The zero-order valence-electron chi connectivity index (χ0n) is 11.0. The summed E-state index contributed by atoms with van der Waals surface area (Å²) >= 11 is 6.29.